The van der Waals surface area contributed by atoms with E-state index in [1.807, 2.05) is 0 Å². The number of likely N-dealkylation sites (N-methyl/N-ethyl adjacent to an activating group) is 1. The Hall–Kier alpha value is -0.160. The minimum Gasteiger partial charge on any atom is -0.378 e. The second-order valence-electron chi connectivity index (χ2n) is 5.96. The standard InChI is InChI=1S/C14H26N2O2/c1-2-16(13-3-6-15-10-13)12-4-7-18-14(9-12)5-8-17-11-14/h12-13,15H,2-11H2,1H3. The van der Waals surface area contributed by atoms with Gasteiger partial charge in [-0.05, 0) is 32.4 Å². The van der Waals surface area contributed by atoms with Crippen LogP contribution < -0.4 is 5.32 Å². The number of nitrogens with zero attached hydrogens (tertiary/aromatic N) is 1. The van der Waals surface area contributed by atoms with Crippen LogP contribution in [0.1, 0.15) is 32.6 Å². The lowest BCUT2D eigenvalue weighted by atomic mass is 9.88. The van der Waals surface area contributed by atoms with Crippen molar-refractivity contribution in [3.63, 3.8) is 0 Å². The van der Waals surface area contributed by atoms with Crippen LogP contribution in [0.2, 0.25) is 0 Å². The Kier molecular flexibility index (Phi) is 3.89. The number of hydrogen-bond donors (Lipinski definition) is 1. The van der Waals surface area contributed by atoms with Crippen molar-refractivity contribution in [3.05, 3.63) is 0 Å². The first-order valence-electron chi connectivity index (χ1n) is 7.51. The molecular weight excluding hydrogens is 228 g/mol. The SMILES string of the molecule is CCN(C1CCNC1)C1CCOC2(CCOC2)C1. The van der Waals surface area contributed by atoms with Gasteiger partial charge in [0.1, 0.15) is 0 Å². The Morgan fingerprint density at radius 2 is 2.22 bits per heavy atom. The molecule has 3 rings (SSSR count). The lowest BCUT2D eigenvalue weighted by molar-refractivity contribution is -0.109. The summed E-state index contributed by atoms with van der Waals surface area (Å²) in [7, 11) is 0. The Balaban J connectivity index is 1.66. The highest BCUT2D eigenvalue weighted by molar-refractivity contribution is 4.95. The molecule has 0 aliphatic carbocycles. The molecule has 3 heterocycles. The third-order valence-electron chi connectivity index (χ3n) is 4.87. The topological polar surface area (TPSA) is 33.7 Å². The molecule has 3 unspecified atom stereocenters. The van der Waals surface area contributed by atoms with Gasteiger partial charge in [-0.15, -0.1) is 0 Å². The maximum atomic E-state index is 6.05. The summed E-state index contributed by atoms with van der Waals surface area (Å²) in [5, 5.41) is 3.49. The summed E-state index contributed by atoms with van der Waals surface area (Å²) < 4.78 is 11.6. The van der Waals surface area contributed by atoms with Gasteiger partial charge >= 0.3 is 0 Å². The fourth-order valence-electron chi connectivity index (χ4n) is 3.89. The van der Waals surface area contributed by atoms with Gasteiger partial charge in [0, 0.05) is 38.3 Å². The molecule has 0 amide bonds. The second-order valence-corrected chi connectivity index (χ2v) is 5.96. The summed E-state index contributed by atoms with van der Waals surface area (Å²) in [5.74, 6) is 0. The highest BCUT2D eigenvalue weighted by Gasteiger charge is 2.43. The normalized spacial score (nSPS) is 41.0. The van der Waals surface area contributed by atoms with Crippen LogP contribution in [-0.4, -0.2) is 62.0 Å². The molecule has 3 saturated heterocycles. The molecule has 3 fully saturated rings. The molecule has 4 heteroatoms. The van der Waals surface area contributed by atoms with E-state index >= 15 is 0 Å². The van der Waals surface area contributed by atoms with Gasteiger partial charge in [0.15, 0.2) is 0 Å². The van der Waals surface area contributed by atoms with Crippen LogP contribution >= 0.6 is 0 Å². The van der Waals surface area contributed by atoms with E-state index in [4.69, 9.17) is 9.47 Å². The fourth-order valence-corrected chi connectivity index (χ4v) is 3.89. The van der Waals surface area contributed by atoms with Gasteiger partial charge in [-0.25, -0.2) is 0 Å². The van der Waals surface area contributed by atoms with Crippen molar-refractivity contribution in [2.75, 3.05) is 39.5 Å². The third kappa shape index (κ3) is 2.44. The summed E-state index contributed by atoms with van der Waals surface area (Å²) in [6.07, 6.45) is 4.74. The van der Waals surface area contributed by atoms with Crippen molar-refractivity contribution in [2.45, 2.75) is 50.3 Å². The zero-order valence-corrected chi connectivity index (χ0v) is 11.5. The van der Waals surface area contributed by atoms with Crippen molar-refractivity contribution >= 4 is 0 Å². The number of rotatable bonds is 3. The van der Waals surface area contributed by atoms with Crippen molar-refractivity contribution < 1.29 is 9.47 Å². The van der Waals surface area contributed by atoms with E-state index in [2.05, 4.69) is 17.1 Å². The number of hydrogen-bond acceptors (Lipinski definition) is 4. The van der Waals surface area contributed by atoms with E-state index < -0.39 is 0 Å². The quantitative estimate of drug-likeness (QED) is 0.815. The predicted octanol–water partition coefficient (Wildman–Crippen LogP) is 1.01. The van der Waals surface area contributed by atoms with E-state index in [1.54, 1.807) is 0 Å². The molecule has 4 nitrogen and oxygen atoms in total. The highest BCUT2D eigenvalue weighted by Crippen LogP contribution is 2.35. The Morgan fingerprint density at radius 1 is 1.28 bits per heavy atom. The molecule has 18 heavy (non-hydrogen) atoms. The zero-order chi connectivity index (χ0) is 12.4. The minimum atomic E-state index is 0.0440. The first-order chi connectivity index (χ1) is 8.83. The lowest BCUT2D eigenvalue weighted by Crippen LogP contribution is -2.52. The predicted molar refractivity (Wildman–Crippen MR) is 70.8 cm³/mol. The van der Waals surface area contributed by atoms with E-state index in [9.17, 15) is 0 Å². The summed E-state index contributed by atoms with van der Waals surface area (Å²) in [6, 6.07) is 1.42. The first-order valence-corrected chi connectivity index (χ1v) is 7.51. The van der Waals surface area contributed by atoms with E-state index in [0.29, 0.717) is 6.04 Å². The van der Waals surface area contributed by atoms with E-state index in [1.165, 1.54) is 19.4 Å². The lowest BCUT2D eigenvalue weighted by Gasteiger charge is -2.44. The fraction of sp³-hybridized carbons (Fsp3) is 1.00. The zero-order valence-electron chi connectivity index (χ0n) is 11.5. The number of ether oxygens (including phenoxy) is 2. The summed E-state index contributed by atoms with van der Waals surface area (Å²) >= 11 is 0. The molecule has 3 aliphatic heterocycles. The molecule has 0 saturated carbocycles. The van der Waals surface area contributed by atoms with Crippen molar-refractivity contribution in [2.24, 2.45) is 0 Å². The van der Waals surface area contributed by atoms with Crippen LogP contribution in [-0.2, 0) is 9.47 Å². The summed E-state index contributed by atoms with van der Waals surface area (Å²) in [5.41, 5.74) is 0.0440. The van der Waals surface area contributed by atoms with Crippen LogP contribution in [0.5, 0.6) is 0 Å². The van der Waals surface area contributed by atoms with Crippen molar-refractivity contribution in [3.8, 4) is 0 Å². The molecule has 0 aromatic carbocycles. The van der Waals surface area contributed by atoms with E-state index in [-0.39, 0.29) is 5.60 Å². The average molecular weight is 254 g/mol. The second kappa shape index (κ2) is 5.45. The molecule has 1 spiro atoms. The Morgan fingerprint density at radius 3 is 2.89 bits per heavy atom. The van der Waals surface area contributed by atoms with Gasteiger partial charge in [0.25, 0.3) is 0 Å². The van der Waals surface area contributed by atoms with Gasteiger partial charge in [-0.2, -0.15) is 0 Å². The van der Waals surface area contributed by atoms with Crippen molar-refractivity contribution in [1.29, 1.82) is 0 Å². The first kappa shape index (κ1) is 12.9. The summed E-state index contributed by atoms with van der Waals surface area (Å²) in [4.78, 5) is 2.71. The minimum absolute atomic E-state index is 0.0440. The van der Waals surface area contributed by atoms with Gasteiger partial charge < -0.3 is 14.8 Å². The molecule has 0 radical (unpaired) electrons. The average Bonchev–Trinajstić information content (AvgIpc) is 3.03. The van der Waals surface area contributed by atoms with Crippen LogP contribution in [0, 0.1) is 0 Å². The molecule has 104 valence electrons. The van der Waals surface area contributed by atoms with Gasteiger partial charge in [0.2, 0.25) is 0 Å². The maximum absolute atomic E-state index is 6.05. The van der Waals surface area contributed by atoms with Crippen LogP contribution in [0.4, 0.5) is 0 Å². The largest absolute Gasteiger partial charge is 0.378 e. The third-order valence-corrected chi connectivity index (χ3v) is 4.87. The van der Waals surface area contributed by atoms with Crippen molar-refractivity contribution in [1.82, 2.24) is 10.2 Å². The van der Waals surface area contributed by atoms with E-state index in [0.717, 1.165) is 51.8 Å². The molecule has 3 atom stereocenters. The molecule has 0 aromatic rings. The van der Waals surface area contributed by atoms with Gasteiger partial charge in [-0.1, -0.05) is 6.92 Å². The highest BCUT2D eigenvalue weighted by atomic mass is 16.6. The maximum Gasteiger partial charge on any atom is 0.0951 e. The Labute approximate surface area is 110 Å². The van der Waals surface area contributed by atoms with Gasteiger partial charge in [0.05, 0.1) is 12.2 Å². The molecule has 3 aliphatic rings. The summed E-state index contributed by atoms with van der Waals surface area (Å²) in [6.45, 7) is 8.39. The van der Waals surface area contributed by atoms with Crippen LogP contribution in [0.15, 0.2) is 0 Å². The molecular formula is C14H26N2O2. The molecule has 0 bridgehead atoms. The monoisotopic (exact) mass is 254 g/mol. The van der Waals surface area contributed by atoms with Crippen LogP contribution in [0.3, 0.4) is 0 Å². The molecule has 1 N–H and O–H groups in total. The Bertz CT molecular complexity index is 273. The number of nitrogens with one attached hydrogen (secondary N) is 1. The van der Waals surface area contributed by atoms with Gasteiger partial charge in [-0.3, -0.25) is 4.90 Å². The molecule has 0 aromatic heterocycles. The smallest absolute Gasteiger partial charge is 0.0951 e. The van der Waals surface area contributed by atoms with Crippen LogP contribution in [0.25, 0.3) is 0 Å².